The van der Waals surface area contributed by atoms with Crippen molar-refractivity contribution in [3.63, 3.8) is 0 Å². The van der Waals surface area contributed by atoms with Crippen LogP contribution in [0.2, 0.25) is 0 Å². The average molecular weight is 419 g/mol. The molecule has 31 heavy (non-hydrogen) atoms. The minimum Gasteiger partial charge on any atom is -0.481 e. The highest BCUT2D eigenvalue weighted by Crippen LogP contribution is 2.35. The molecule has 4 nitrogen and oxygen atoms in total. The standard InChI is InChI=1S/C26H27FN2O2/c1-17(28)22-9-4-10-23(26(22)27)20-12-11-18-8-5-13-29(24(18)14-20)16-21-7-3-2-6-19(21)15-25(30)31/h2-4,6-7,9-12,14,17H,5,8,13,15-16,28H2,1H3,(H,30,31)/t17-/m1/s1. The fraction of sp³-hybridized carbons (Fsp3) is 0.269. The molecule has 160 valence electrons. The number of carboxylic acids is 1. The molecule has 1 atom stereocenters. The molecular formula is C26H27FN2O2. The molecule has 5 heteroatoms. The lowest BCUT2D eigenvalue weighted by molar-refractivity contribution is -0.136. The Morgan fingerprint density at radius 2 is 1.90 bits per heavy atom. The number of aliphatic carboxylic acids is 1. The molecule has 0 saturated heterocycles. The van der Waals surface area contributed by atoms with E-state index in [0.717, 1.165) is 41.8 Å². The van der Waals surface area contributed by atoms with Gasteiger partial charge in [0.15, 0.2) is 0 Å². The molecule has 0 radical (unpaired) electrons. The molecule has 0 amide bonds. The van der Waals surface area contributed by atoms with E-state index >= 15 is 4.39 Å². The molecule has 3 N–H and O–H groups in total. The number of aryl methyl sites for hydroxylation is 1. The Balaban J connectivity index is 1.70. The van der Waals surface area contributed by atoms with Crippen LogP contribution in [0.5, 0.6) is 0 Å². The van der Waals surface area contributed by atoms with Gasteiger partial charge in [-0.25, -0.2) is 4.39 Å². The van der Waals surface area contributed by atoms with Crippen molar-refractivity contribution in [1.29, 1.82) is 0 Å². The molecule has 0 fully saturated rings. The van der Waals surface area contributed by atoms with Crippen molar-refractivity contribution in [3.8, 4) is 11.1 Å². The summed E-state index contributed by atoms with van der Waals surface area (Å²) in [5, 5.41) is 9.25. The Bertz CT molecular complexity index is 1110. The lowest BCUT2D eigenvalue weighted by Gasteiger charge is -2.32. The van der Waals surface area contributed by atoms with Crippen molar-refractivity contribution in [3.05, 3.63) is 88.7 Å². The minimum atomic E-state index is -0.835. The van der Waals surface area contributed by atoms with Crippen molar-refractivity contribution in [2.75, 3.05) is 11.4 Å². The van der Waals surface area contributed by atoms with Crippen LogP contribution in [0.4, 0.5) is 10.1 Å². The van der Waals surface area contributed by atoms with Crippen molar-refractivity contribution >= 4 is 11.7 Å². The first-order chi connectivity index (χ1) is 14.9. The number of benzene rings is 3. The highest BCUT2D eigenvalue weighted by Gasteiger charge is 2.20. The van der Waals surface area contributed by atoms with Gasteiger partial charge in [0.25, 0.3) is 0 Å². The summed E-state index contributed by atoms with van der Waals surface area (Å²) in [5.41, 5.74) is 12.0. The third kappa shape index (κ3) is 4.47. The normalized spacial score (nSPS) is 14.2. The second-order valence-corrected chi connectivity index (χ2v) is 8.21. The fourth-order valence-electron chi connectivity index (χ4n) is 4.36. The number of nitrogens with zero attached hydrogens (tertiary/aromatic N) is 1. The first-order valence-electron chi connectivity index (χ1n) is 10.6. The van der Waals surface area contributed by atoms with Crippen LogP contribution >= 0.6 is 0 Å². The first kappa shape index (κ1) is 21.1. The quantitative estimate of drug-likeness (QED) is 0.585. The van der Waals surface area contributed by atoms with E-state index in [1.807, 2.05) is 36.4 Å². The summed E-state index contributed by atoms with van der Waals surface area (Å²) in [7, 11) is 0. The van der Waals surface area contributed by atoms with Crippen LogP contribution in [-0.2, 0) is 24.2 Å². The molecule has 0 unspecified atom stereocenters. The van der Waals surface area contributed by atoms with Gasteiger partial charge in [0.2, 0.25) is 0 Å². The van der Waals surface area contributed by atoms with Crippen LogP contribution in [0, 0.1) is 5.82 Å². The zero-order chi connectivity index (χ0) is 22.0. The van der Waals surface area contributed by atoms with E-state index < -0.39 is 5.97 Å². The number of rotatable bonds is 6. The van der Waals surface area contributed by atoms with Crippen LogP contribution in [-0.4, -0.2) is 17.6 Å². The Labute approximate surface area is 182 Å². The smallest absolute Gasteiger partial charge is 0.307 e. The second kappa shape index (κ2) is 8.90. The van der Waals surface area contributed by atoms with E-state index in [-0.39, 0.29) is 18.3 Å². The number of hydrogen-bond acceptors (Lipinski definition) is 3. The predicted octanol–water partition coefficient (Wildman–Crippen LogP) is 5.09. The van der Waals surface area contributed by atoms with Crippen molar-refractivity contribution in [2.24, 2.45) is 5.73 Å². The first-order valence-corrected chi connectivity index (χ1v) is 10.6. The summed E-state index contributed by atoms with van der Waals surface area (Å²) in [6.07, 6.45) is 2.01. The zero-order valence-corrected chi connectivity index (χ0v) is 17.6. The number of halogens is 1. The third-order valence-electron chi connectivity index (χ3n) is 5.95. The molecular weight excluding hydrogens is 391 g/mol. The van der Waals surface area contributed by atoms with E-state index in [1.54, 1.807) is 19.1 Å². The van der Waals surface area contributed by atoms with Gasteiger partial charge in [-0.1, -0.05) is 54.6 Å². The molecule has 0 bridgehead atoms. The molecule has 1 aliphatic rings. The maximum atomic E-state index is 15.1. The SMILES string of the molecule is C[C@@H](N)c1cccc(-c2ccc3c(c2)N(Cc2ccccc2CC(=O)O)CCC3)c1F. The van der Waals surface area contributed by atoms with Gasteiger partial charge in [-0.2, -0.15) is 0 Å². The average Bonchev–Trinajstić information content (AvgIpc) is 2.75. The molecule has 1 aliphatic heterocycles. The zero-order valence-electron chi connectivity index (χ0n) is 17.6. The fourth-order valence-corrected chi connectivity index (χ4v) is 4.36. The lowest BCUT2D eigenvalue weighted by atomic mass is 9.94. The summed E-state index contributed by atoms with van der Waals surface area (Å²) < 4.78 is 15.1. The molecule has 3 aromatic rings. The number of carbonyl (C=O) groups is 1. The number of fused-ring (bicyclic) bond motifs is 1. The summed E-state index contributed by atoms with van der Waals surface area (Å²) in [6.45, 7) is 3.29. The molecule has 3 aromatic carbocycles. The highest BCUT2D eigenvalue weighted by atomic mass is 19.1. The number of hydrogen-bond donors (Lipinski definition) is 2. The van der Waals surface area contributed by atoms with E-state index in [2.05, 4.69) is 17.0 Å². The van der Waals surface area contributed by atoms with E-state index in [0.29, 0.717) is 17.7 Å². The van der Waals surface area contributed by atoms with E-state index in [9.17, 15) is 9.90 Å². The molecule has 0 aromatic heterocycles. The van der Waals surface area contributed by atoms with Crippen LogP contribution in [0.3, 0.4) is 0 Å². The number of nitrogens with two attached hydrogens (primary N) is 1. The van der Waals surface area contributed by atoms with Gasteiger partial charge in [-0.15, -0.1) is 0 Å². The topological polar surface area (TPSA) is 66.6 Å². The second-order valence-electron chi connectivity index (χ2n) is 8.21. The van der Waals surface area contributed by atoms with Gasteiger partial charge in [0, 0.05) is 35.9 Å². The van der Waals surface area contributed by atoms with Crippen molar-refractivity contribution < 1.29 is 14.3 Å². The van der Waals surface area contributed by atoms with Crippen molar-refractivity contribution in [1.82, 2.24) is 0 Å². The van der Waals surface area contributed by atoms with Crippen LogP contribution < -0.4 is 10.6 Å². The van der Waals surface area contributed by atoms with Crippen molar-refractivity contribution in [2.45, 2.75) is 38.8 Å². The van der Waals surface area contributed by atoms with Gasteiger partial charge in [-0.05, 0) is 48.1 Å². The molecule has 0 spiro atoms. The maximum absolute atomic E-state index is 15.1. The highest BCUT2D eigenvalue weighted by molar-refractivity contribution is 5.73. The summed E-state index contributed by atoms with van der Waals surface area (Å²) in [5.74, 6) is -1.11. The summed E-state index contributed by atoms with van der Waals surface area (Å²) >= 11 is 0. The summed E-state index contributed by atoms with van der Waals surface area (Å²) in [4.78, 5) is 13.5. The Morgan fingerprint density at radius 3 is 2.65 bits per heavy atom. The van der Waals surface area contributed by atoms with Crippen LogP contribution in [0.1, 0.15) is 41.6 Å². The van der Waals surface area contributed by atoms with Gasteiger partial charge in [0.1, 0.15) is 5.82 Å². The van der Waals surface area contributed by atoms with E-state index in [4.69, 9.17) is 5.73 Å². The summed E-state index contributed by atoms with van der Waals surface area (Å²) in [6, 6.07) is 18.8. The number of carboxylic acid groups (broad SMARTS) is 1. The maximum Gasteiger partial charge on any atom is 0.307 e. The Hall–Kier alpha value is -3.18. The van der Waals surface area contributed by atoms with Gasteiger partial charge < -0.3 is 15.7 Å². The largest absolute Gasteiger partial charge is 0.481 e. The lowest BCUT2D eigenvalue weighted by Crippen LogP contribution is -2.29. The molecule has 1 heterocycles. The Kier molecular flexibility index (Phi) is 6.05. The van der Waals surface area contributed by atoms with Gasteiger partial charge >= 0.3 is 5.97 Å². The Morgan fingerprint density at radius 1 is 1.13 bits per heavy atom. The monoisotopic (exact) mass is 418 g/mol. The van der Waals surface area contributed by atoms with Crippen LogP contribution in [0.25, 0.3) is 11.1 Å². The molecule has 0 aliphatic carbocycles. The minimum absolute atomic E-state index is 0.00614. The van der Waals surface area contributed by atoms with Gasteiger partial charge in [0.05, 0.1) is 6.42 Å². The van der Waals surface area contributed by atoms with Crippen LogP contribution in [0.15, 0.2) is 60.7 Å². The van der Waals surface area contributed by atoms with Gasteiger partial charge in [-0.3, -0.25) is 4.79 Å². The van der Waals surface area contributed by atoms with E-state index in [1.165, 1.54) is 5.56 Å². The predicted molar refractivity (Wildman–Crippen MR) is 122 cm³/mol. The molecule has 0 saturated carbocycles. The third-order valence-corrected chi connectivity index (χ3v) is 5.95. The number of anilines is 1. The molecule has 4 rings (SSSR count).